The van der Waals surface area contributed by atoms with Gasteiger partial charge in [0.1, 0.15) is 12.1 Å². The molecule has 2 aliphatic rings. The van der Waals surface area contributed by atoms with E-state index in [1.165, 1.54) is 5.69 Å². The van der Waals surface area contributed by atoms with Gasteiger partial charge in [-0.25, -0.2) is 9.97 Å². The van der Waals surface area contributed by atoms with Gasteiger partial charge >= 0.3 is 0 Å². The van der Waals surface area contributed by atoms with Gasteiger partial charge in [0.05, 0.1) is 36.8 Å². The first-order chi connectivity index (χ1) is 11.8. The molecule has 2 N–H and O–H groups in total. The second-order valence-corrected chi connectivity index (χ2v) is 6.18. The molecule has 0 aliphatic carbocycles. The standard InChI is InChI=1S/C17H24N6O/c1-2-23-12-21-15-9-13-14(10-16(15)23)19-11-20-17(13)18-3-4-22-5-7-24-8-6-22/h9-11,21H,2-8,12H2,1H3,(H,18,19,20). The molecule has 0 radical (unpaired) electrons. The maximum Gasteiger partial charge on any atom is 0.137 e. The summed E-state index contributed by atoms with van der Waals surface area (Å²) in [5, 5.41) is 8.00. The van der Waals surface area contributed by atoms with Crippen LogP contribution >= 0.6 is 0 Å². The average Bonchev–Trinajstić information content (AvgIpc) is 3.03. The molecule has 1 fully saturated rings. The molecule has 0 saturated carbocycles. The van der Waals surface area contributed by atoms with Crippen LogP contribution in [0.1, 0.15) is 6.92 Å². The van der Waals surface area contributed by atoms with Crippen molar-refractivity contribution in [3.05, 3.63) is 18.5 Å². The van der Waals surface area contributed by atoms with Crippen LogP contribution < -0.4 is 15.5 Å². The number of nitrogens with one attached hydrogen (secondary N) is 2. The summed E-state index contributed by atoms with van der Waals surface area (Å²) in [6, 6.07) is 4.32. The third-order valence-electron chi connectivity index (χ3n) is 4.76. The van der Waals surface area contributed by atoms with Crippen molar-refractivity contribution in [2.24, 2.45) is 0 Å². The SMILES string of the molecule is CCN1CNc2cc3c(NCCN4CCOCC4)ncnc3cc21. The molecule has 2 aliphatic heterocycles. The Morgan fingerprint density at radius 3 is 2.96 bits per heavy atom. The normalized spacial score (nSPS) is 17.8. The molecule has 0 atom stereocenters. The van der Waals surface area contributed by atoms with E-state index < -0.39 is 0 Å². The number of aromatic nitrogens is 2. The van der Waals surface area contributed by atoms with Crippen molar-refractivity contribution in [1.82, 2.24) is 14.9 Å². The van der Waals surface area contributed by atoms with E-state index in [0.717, 1.165) is 75.0 Å². The molecule has 128 valence electrons. The van der Waals surface area contributed by atoms with Crippen LogP contribution in [-0.2, 0) is 4.74 Å². The highest BCUT2D eigenvalue weighted by Crippen LogP contribution is 2.36. The molecule has 2 aromatic rings. The summed E-state index contributed by atoms with van der Waals surface area (Å²) in [5.41, 5.74) is 3.37. The van der Waals surface area contributed by atoms with Crippen molar-refractivity contribution >= 4 is 28.1 Å². The molecule has 1 aromatic carbocycles. The van der Waals surface area contributed by atoms with Gasteiger partial charge in [0.2, 0.25) is 0 Å². The zero-order chi connectivity index (χ0) is 16.4. The Labute approximate surface area is 142 Å². The van der Waals surface area contributed by atoms with Crippen molar-refractivity contribution in [1.29, 1.82) is 0 Å². The molecule has 7 heteroatoms. The minimum absolute atomic E-state index is 0.835. The first kappa shape index (κ1) is 15.4. The van der Waals surface area contributed by atoms with Crippen LogP contribution in [0.15, 0.2) is 18.5 Å². The molecule has 0 spiro atoms. The van der Waals surface area contributed by atoms with Crippen LogP contribution in [0.2, 0.25) is 0 Å². The Morgan fingerprint density at radius 1 is 1.25 bits per heavy atom. The molecular formula is C17H24N6O. The zero-order valence-corrected chi connectivity index (χ0v) is 14.1. The van der Waals surface area contributed by atoms with Crippen molar-refractivity contribution in [2.75, 3.05) is 68.1 Å². The maximum absolute atomic E-state index is 5.39. The molecule has 7 nitrogen and oxygen atoms in total. The highest BCUT2D eigenvalue weighted by molar-refractivity contribution is 5.97. The number of morpholine rings is 1. The van der Waals surface area contributed by atoms with E-state index in [1.807, 2.05) is 0 Å². The van der Waals surface area contributed by atoms with E-state index in [0.29, 0.717) is 0 Å². The number of anilines is 3. The lowest BCUT2D eigenvalue weighted by Crippen LogP contribution is -2.39. The molecule has 4 rings (SSSR count). The molecular weight excluding hydrogens is 304 g/mol. The smallest absolute Gasteiger partial charge is 0.137 e. The van der Waals surface area contributed by atoms with Gasteiger partial charge in [-0.15, -0.1) is 0 Å². The third kappa shape index (κ3) is 2.97. The van der Waals surface area contributed by atoms with Crippen LogP contribution in [0.3, 0.4) is 0 Å². The van der Waals surface area contributed by atoms with Crippen LogP contribution in [0.5, 0.6) is 0 Å². The largest absolute Gasteiger partial charge is 0.379 e. The molecule has 24 heavy (non-hydrogen) atoms. The fraction of sp³-hybridized carbons (Fsp3) is 0.529. The van der Waals surface area contributed by atoms with Crippen LogP contribution in [0, 0.1) is 0 Å². The Morgan fingerprint density at radius 2 is 2.12 bits per heavy atom. The van der Waals surface area contributed by atoms with Gasteiger partial charge in [-0.05, 0) is 19.1 Å². The minimum Gasteiger partial charge on any atom is -0.379 e. The van der Waals surface area contributed by atoms with Gasteiger partial charge in [0.15, 0.2) is 0 Å². The third-order valence-corrected chi connectivity index (χ3v) is 4.76. The van der Waals surface area contributed by atoms with E-state index in [-0.39, 0.29) is 0 Å². The lowest BCUT2D eigenvalue weighted by molar-refractivity contribution is 0.0398. The predicted octanol–water partition coefficient (Wildman–Crippen LogP) is 1.58. The summed E-state index contributed by atoms with van der Waals surface area (Å²) < 4.78 is 5.39. The molecule has 0 unspecified atom stereocenters. The van der Waals surface area contributed by atoms with Gasteiger partial charge in [0, 0.05) is 38.1 Å². The summed E-state index contributed by atoms with van der Waals surface area (Å²) in [6.07, 6.45) is 1.64. The predicted molar refractivity (Wildman–Crippen MR) is 96.8 cm³/mol. The summed E-state index contributed by atoms with van der Waals surface area (Å²) in [5.74, 6) is 0.910. The number of nitrogens with zero attached hydrogens (tertiary/aromatic N) is 4. The summed E-state index contributed by atoms with van der Waals surface area (Å²) in [4.78, 5) is 13.6. The van der Waals surface area contributed by atoms with Gasteiger partial charge in [-0.1, -0.05) is 0 Å². The molecule has 0 amide bonds. The van der Waals surface area contributed by atoms with E-state index in [9.17, 15) is 0 Å². The number of rotatable bonds is 5. The molecule has 1 aromatic heterocycles. The van der Waals surface area contributed by atoms with E-state index in [4.69, 9.17) is 4.74 Å². The minimum atomic E-state index is 0.835. The van der Waals surface area contributed by atoms with Gasteiger partial charge in [-0.2, -0.15) is 0 Å². The number of hydrogen-bond acceptors (Lipinski definition) is 7. The zero-order valence-electron chi connectivity index (χ0n) is 14.1. The summed E-state index contributed by atoms with van der Waals surface area (Å²) in [7, 11) is 0. The Balaban J connectivity index is 1.51. The molecule has 0 bridgehead atoms. The second-order valence-electron chi connectivity index (χ2n) is 6.18. The Hall–Kier alpha value is -2.12. The highest BCUT2D eigenvalue weighted by atomic mass is 16.5. The number of fused-ring (bicyclic) bond motifs is 2. The molecule has 1 saturated heterocycles. The van der Waals surface area contributed by atoms with Crippen molar-refractivity contribution in [3.63, 3.8) is 0 Å². The Kier molecular flexibility index (Phi) is 4.36. The van der Waals surface area contributed by atoms with E-state index in [2.05, 4.69) is 49.5 Å². The lowest BCUT2D eigenvalue weighted by atomic mass is 10.1. The Bertz CT molecular complexity index is 716. The van der Waals surface area contributed by atoms with Crippen LogP contribution in [0.4, 0.5) is 17.2 Å². The van der Waals surface area contributed by atoms with Crippen molar-refractivity contribution in [2.45, 2.75) is 6.92 Å². The topological polar surface area (TPSA) is 65.5 Å². The van der Waals surface area contributed by atoms with Crippen molar-refractivity contribution < 1.29 is 4.74 Å². The first-order valence-electron chi connectivity index (χ1n) is 8.66. The van der Waals surface area contributed by atoms with Crippen LogP contribution in [0.25, 0.3) is 10.9 Å². The van der Waals surface area contributed by atoms with Gasteiger partial charge in [-0.3, -0.25) is 4.90 Å². The second kappa shape index (κ2) is 6.78. The van der Waals surface area contributed by atoms with Gasteiger partial charge < -0.3 is 20.3 Å². The first-order valence-corrected chi connectivity index (χ1v) is 8.66. The highest BCUT2D eigenvalue weighted by Gasteiger charge is 2.19. The summed E-state index contributed by atoms with van der Waals surface area (Å²) in [6.45, 7) is 9.58. The summed E-state index contributed by atoms with van der Waals surface area (Å²) >= 11 is 0. The monoisotopic (exact) mass is 328 g/mol. The maximum atomic E-state index is 5.39. The quantitative estimate of drug-likeness (QED) is 0.864. The average molecular weight is 328 g/mol. The number of ether oxygens (including phenoxy) is 1. The van der Waals surface area contributed by atoms with Crippen molar-refractivity contribution in [3.8, 4) is 0 Å². The fourth-order valence-electron chi connectivity index (χ4n) is 3.34. The lowest BCUT2D eigenvalue weighted by Gasteiger charge is -2.26. The van der Waals surface area contributed by atoms with E-state index in [1.54, 1.807) is 6.33 Å². The molecule has 3 heterocycles. The fourth-order valence-corrected chi connectivity index (χ4v) is 3.34. The van der Waals surface area contributed by atoms with Crippen LogP contribution in [-0.4, -0.2) is 67.5 Å². The number of hydrogen-bond donors (Lipinski definition) is 2. The number of benzene rings is 1. The van der Waals surface area contributed by atoms with E-state index >= 15 is 0 Å². The van der Waals surface area contributed by atoms with Gasteiger partial charge in [0.25, 0.3) is 0 Å².